The molecule has 0 aromatic carbocycles. The minimum Gasteiger partial charge on any atom is -0.481 e. The quantitative estimate of drug-likeness (QED) is 0.163. The molecule has 190 valence electrons. The van der Waals surface area contributed by atoms with Crippen molar-refractivity contribution in [3.8, 4) is 0 Å². The fraction of sp³-hybridized carbons (Fsp3) is 0.368. The van der Waals surface area contributed by atoms with E-state index >= 15 is 0 Å². The lowest BCUT2D eigenvalue weighted by Crippen LogP contribution is -2.71. The number of nitrogens with one attached hydrogen (secondary N) is 1. The van der Waals surface area contributed by atoms with E-state index in [1.807, 2.05) is 0 Å². The predicted molar refractivity (Wildman–Crippen MR) is 125 cm³/mol. The van der Waals surface area contributed by atoms with E-state index in [9.17, 15) is 34.2 Å². The molecule has 2 aromatic rings. The van der Waals surface area contributed by atoms with Crippen molar-refractivity contribution >= 4 is 64.6 Å². The molecule has 0 spiro atoms. The number of nitrogens with zero attached hydrogens (tertiary/aromatic N) is 5. The molecular formula is C19H18N6O8S3. The van der Waals surface area contributed by atoms with Gasteiger partial charge in [-0.3, -0.25) is 24.1 Å². The van der Waals surface area contributed by atoms with Crippen molar-refractivity contribution in [3.63, 3.8) is 0 Å². The summed E-state index contributed by atoms with van der Waals surface area (Å²) in [6, 6.07) is 2.07. The van der Waals surface area contributed by atoms with Crippen LogP contribution in [0.15, 0.2) is 33.9 Å². The van der Waals surface area contributed by atoms with Gasteiger partial charge in [0.1, 0.15) is 17.1 Å². The number of aliphatic carboxylic acids is 3. The number of tetrazole rings is 1. The highest BCUT2D eigenvalue weighted by molar-refractivity contribution is 8.01. The van der Waals surface area contributed by atoms with Gasteiger partial charge in [-0.25, -0.2) is 9.48 Å². The minimum atomic E-state index is -1.48. The third-order valence-electron chi connectivity index (χ3n) is 5.30. The van der Waals surface area contributed by atoms with Crippen LogP contribution in [0.2, 0.25) is 0 Å². The molecule has 2 aliphatic rings. The first kappa shape index (κ1) is 25.6. The predicted octanol–water partition coefficient (Wildman–Crippen LogP) is -0.0916. The molecule has 14 nitrogen and oxygen atoms in total. The van der Waals surface area contributed by atoms with Crippen LogP contribution in [0.3, 0.4) is 0 Å². The first-order valence-electron chi connectivity index (χ1n) is 10.3. The fourth-order valence-corrected chi connectivity index (χ4v) is 6.85. The summed E-state index contributed by atoms with van der Waals surface area (Å²) in [7, 11) is 0. The molecular weight excluding hydrogens is 536 g/mol. The highest BCUT2D eigenvalue weighted by atomic mass is 32.2. The number of thiophene rings is 1. The summed E-state index contributed by atoms with van der Waals surface area (Å²) in [5, 5.41) is 42.9. The van der Waals surface area contributed by atoms with Crippen molar-refractivity contribution < 1.29 is 39.3 Å². The van der Waals surface area contributed by atoms with Crippen LogP contribution in [0.4, 0.5) is 0 Å². The molecule has 2 unspecified atom stereocenters. The van der Waals surface area contributed by atoms with Crippen LogP contribution in [-0.4, -0.2) is 93.1 Å². The molecule has 0 saturated carbocycles. The Morgan fingerprint density at radius 1 is 1.25 bits per heavy atom. The van der Waals surface area contributed by atoms with E-state index < -0.39 is 47.1 Å². The first-order chi connectivity index (χ1) is 17.2. The van der Waals surface area contributed by atoms with Gasteiger partial charge in [-0.1, -0.05) is 17.8 Å². The van der Waals surface area contributed by atoms with Gasteiger partial charge in [-0.2, -0.15) is 0 Å². The van der Waals surface area contributed by atoms with Crippen LogP contribution in [0.1, 0.15) is 17.2 Å². The number of amides is 2. The number of β-lactam (4-membered cyclic amide) rings is 1. The molecule has 0 radical (unpaired) electrons. The van der Waals surface area contributed by atoms with E-state index in [2.05, 4.69) is 20.8 Å². The van der Waals surface area contributed by atoms with Crippen LogP contribution in [0.5, 0.6) is 0 Å². The summed E-state index contributed by atoms with van der Waals surface area (Å²) in [5.74, 6) is -6.30. The second-order valence-corrected chi connectivity index (χ2v) is 10.6. The Morgan fingerprint density at radius 2 is 2.03 bits per heavy atom. The number of carbonyl (C=O) groups is 5. The van der Waals surface area contributed by atoms with Gasteiger partial charge in [0.25, 0.3) is 5.91 Å². The van der Waals surface area contributed by atoms with Gasteiger partial charge < -0.3 is 20.6 Å². The zero-order valence-electron chi connectivity index (χ0n) is 18.1. The Bertz CT molecular complexity index is 1250. The average Bonchev–Trinajstić information content (AvgIpc) is 3.51. The van der Waals surface area contributed by atoms with Crippen LogP contribution in [0.25, 0.3) is 0 Å². The molecule has 3 atom stereocenters. The summed E-state index contributed by atoms with van der Waals surface area (Å²) in [6.45, 7) is 0.0428. The molecule has 2 aromatic heterocycles. The van der Waals surface area contributed by atoms with E-state index in [4.69, 9.17) is 5.11 Å². The maximum atomic E-state index is 12.9. The molecule has 2 aliphatic heterocycles. The standard InChI is InChI=1S/C19H18N6O8S3/c26-10(27)3-4-24-19(21-22-23-24)36-7-8-6-35-16-12(15(29)25(16)13(8)18(32)33)20-14(28)11(17(30)31)9-2-1-5-34-9/h1-2,5,11-12,16H,3-4,6-7H2,(H,20,28)(H,26,27)(H,30,31)(H,32,33)/t11?,12?,16-/m1/s1. The molecule has 0 bridgehead atoms. The summed E-state index contributed by atoms with van der Waals surface area (Å²) in [5.41, 5.74) is 0.223. The summed E-state index contributed by atoms with van der Waals surface area (Å²) < 4.78 is 1.30. The van der Waals surface area contributed by atoms with Crippen molar-refractivity contribution in [1.29, 1.82) is 0 Å². The Labute approximate surface area is 214 Å². The number of hydrogen-bond donors (Lipinski definition) is 4. The van der Waals surface area contributed by atoms with Gasteiger partial charge in [0.05, 0.1) is 13.0 Å². The Kier molecular flexibility index (Phi) is 7.60. The number of rotatable bonds is 11. The molecule has 4 heterocycles. The molecule has 1 fully saturated rings. The molecule has 17 heteroatoms. The first-order valence-corrected chi connectivity index (χ1v) is 13.2. The SMILES string of the molecule is O=C(O)CCn1nnnc1SCC1=C(C(=O)O)N2C(=O)C(NC(=O)C(C(=O)O)c3cccs3)[C@H]2SC1. The van der Waals surface area contributed by atoms with Gasteiger partial charge in [0.15, 0.2) is 5.92 Å². The zero-order valence-corrected chi connectivity index (χ0v) is 20.6. The second-order valence-electron chi connectivity index (χ2n) is 7.56. The fourth-order valence-electron chi connectivity index (χ4n) is 3.64. The van der Waals surface area contributed by atoms with Gasteiger partial charge in [-0.05, 0) is 27.4 Å². The van der Waals surface area contributed by atoms with E-state index in [1.165, 1.54) is 22.5 Å². The highest BCUT2D eigenvalue weighted by Crippen LogP contribution is 2.41. The number of hydrogen-bond acceptors (Lipinski definition) is 11. The summed E-state index contributed by atoms with van der Waals surface area (Å²) in [6.07, 6.45) is -0.191. The van der Waals surface area contributed by atoms with E-state index in [0.29, 0.717) is 15.6 Å². The van der Waals surface area contributed by atoms with Crippen molar-refractivity contribution in [2.24, 2.45) is 0 Å². The molecule has 4 N–H and O–H groups in total. The summed E-state index contributed by atoms with van der Waals surface area (Å²) >= 11 is 3.45. The number of carboxylic acids is 3. The Hall–Kier alpha value is -3.44. The minimum absolute atomic E-state index is 0.0428. The molecule has 0 aliphatic carbocycles. The monoisotopic (exact) mass is 554 g/mol. The van der Waals surface area contributed by atoms with Crippen LogP contribution in [0, 0.1) is 0 Å². The Balaban J connectivity index is 1.46. The third-order valence-corrected chi connectivity index (χ3v) is 8.62. The lowest BCUT2D eigenvalue weighted by atomic mass is 10.0. The van der Waals surface area contributed by atoms with Gasteiger partial charge in [0.2, 0.25) is 11.1 Å². The van der Waals surface area contributed by atoms with Crippen molar-refractivity contribution in [1.82, 2.24) is 30.4 Å². The third kappa shape index (κ3) is 5.07. The van der Waals surface area contributed by atoms with Gasteiger partial charge in [0, 0.05) is 16.4 Å². The number of aryl methyl sites for hydroxylation is 1. The smallest absolute Gasteiger partial charge is 0.352 e. The van der Waals surface area contributed by atoms with Crippen molar-refractivity contribution in [3.05, 3.63) is 33.7 Å². The maximum Gasteiger partial charge on any atom is 0.352 e. The zero-order chi connectivity index (χ0) is 26.0. The maximum absolute atomic E-state index is 12.9. The van der Waals surface area contributed by atoms with Crippen molar-refractivity contribution in [2.45, 2.75) is 35.5 Å². The van der Waals surface area contributed by atoms with E-state index in [-0.39, 0.29) is 30.2 Å². The van der Waals surface area contributed by atoms with Gasteiger partial charge >= 0.3 is 17.9 Å². The second kappa shape index (κ2) is 10.7. The largest absolute Gasteiger partial charge is 0.481 e. The Morgan fingerprint density at radius 3 is 2.67 bits per heavy atom. The van der Waals surface area contributed by atoms with E-state index in [0.717, 1.165) is 28.0 Å². The number of aromatic nitrogens is 4. The topological polar surface area (TPSA) is 205 Å². The number of carboxylic acid groups (broad SMARTS) is 3. The van der Waals surface area contributed by atoms with Gasteiger partial charge in [-0.15, -0.1) is 28.2 Å². The van der Waals surface area contributed by atoms with Crippen molar-refractivity contribution in [2.75, 3.05) is 11.5 Å². The molecule has 2 amide bonds. The molecule has 4 rings (SSSR count). The number of thioether (sulfide) groups is 2. The highest BCUT2D eigenvalue weighted by Gasteiger charge is 2.54. The van der Waals surface area contributed by atoms with Crippen LogP contribution >= 0.6 is 34.9 Å². The lowest BCUT2D eigenvalue weighted by molar-refractivity contribution is -0.152. The lowest BCUT2D eigenvalue weighted by Gasteiger charge is -2.49. The summed E-state index contributed by atoms with van der Waals surface area (Å²) in [4.78, 5) is 61.5. The normalized spacial score (nSPS) is 19.9. The van der Waals surface area contributed by atoms with Crippen LogP contribution in [-0.2, 0) is 30.5 Å². The molecule has 1 saturated heterocycles. The average molecular weight is 555 g/mol. The molecule has 36 heavy (non-hydrogen) atoms. The number of carbonyl (C=O) groups excluding carboxylic acids is 2. The van der Waals surface area contributed by atoms with Crippen LogP contribution < -0.4 is 5.32 Å². The number of fused-ring (bicyclic) bond motifs is 1. The van der Waals surface area contributed by atoms with E-state index in [1.54, 1.807) is 11.4 Å².